The number of carboxylic acid groups (broad SMARTS) is 1. The van der Waals surface area contributed by atoms with E-state index in [9.17, 15) is 14.4 Å². The average Bonchev–Trinajstić information content (AvgIpc) is 2.32. The maximum Gasteiger partial charge on any atom is 0.322 e. The summed E-state index contributed by atoms with van der Waals surface area (Å²) in [7, 11) is 1.50. The van der Waals surface area contributed by atoms with Crippen molar-refractivity contribution in [2.75, 3.05) is 26.7 Å². The van der Waals surface area contributed by atoms with E-state index in [1.165, 1.54) is 11.9 Å². The Kier molecular flexibility index (Phi) is 6.88. The number of nitrogens with zero attached hydrogens (tertiary/aromatic N) is 2. The number of nitrogens with one attached hydrogen (secondary N) is 2. The molecule has 0 aromatic rings. The molecular formula is C10H16N4O4. The molecule has 3 amide bonds. The van der Waals surface area contributed by atoms with Crippen LogP contribution in [0.2, 0.25) is 0 Å². The number of urea groups is 1. The number of rotatable bonds is 6. The second-order valence-electron chi connectivity index (χ2n) is 3.74. The number of hydrogen-bond acceptors (Lipinski definition) is 4. The first-order chi connectivity index (χ1) is 8.36. The van der Waals surface area contributed by atoms with Crippen molar-refractivity contribution in [1.29, 1.82) is 5.26 Å². The van der Waals surface area contributed by atoms with Crippen LogP contribution in [0.15, 0.2) is 0 Å². The van der Waals surface area contributed by atoms with Crippen molar-refractivity contribution in [3.63, 3.8) is 0 Å². The van der Waals surface area contributed by atoms with Gasteiger partial charge in [-0.25, -0.2) is 4.79 Å². The van der Waals surface area contributed by atoms with Crippen LogP contribution in [0.1, 0.15) is 6.92 Å². The predicted molar refractivity (Wildman–Crippen MR) is 61.5 cm³/mol. The van der Waals surface area contributed by atoms with Crippen LogP contribution in [-0.2, 0) is 9.59 Å². The van der Waals surface area contributed by atoms with Gasteiger partial charge in [-0.05, 0) is 6.92 Å². The van der Waals surface area contributed by atoms with E-state index in [1.54, 1.807) is 6.92 Å². The Hall–Kier alpha value is -2.30. The topological polar surface area (TPSA) is 123 Å². The second-order valence-corrected chi connectivity index (χ2v) is 3.74. The van der Waals surface area contributed by atoms with Gasteiger partial charge in [-0.2, -0.15) is 5.26 Å². The van der Waals surface area contributed by atoms with Crippen molar-refractivity contribution in [2.24, 2.45) is 5.92 Å². The molecular weight excluding hydrogens is 240 g/mol. The molecule has 0 saturated heterocycles. The van der Waals surface area contributed by atoms with Gasteiger partial charge in [0.1, 0.15) is 6.54 Å². The van der Waals surface area contributed by atoms with Crippen molar-refractivity contribution in [3.05, 3.63) is 0 Å². The fourth-order valence-electron chi connectivity index (χ4n) is 1.06. The standard InChI is InChI=1S/C10H16N4O4/c1-7(3-11)6-14(2)10(18)13-4-8(15)12-5-9(16)17/h7H,4-6H2,1-2H3,(H,12,15)(H,13,18)(H,16,17). The molecule has 0 fully saturated rings. The van der Waals surface area contributed by atoms with Crippen LogP contribution in [-0.4, -0.2) is 54.6 Å². The van der Waals surface area contributed by atoms with Gasteiger partial charge in [-0.15, -0.1) is 0 Å². The van der Waals surface area contributed by atoms with E-state index in [1.807, 2.05) is 6.07 Å². The van der Waals surface area contributed by atoms with Gasteiger partial charge in [0.25, 0.3) is 0 Å². The number of aliphatic carboxylic acids is 1. The molecule has 0 aromatic carbocycles. The third-order valence-corrected chi connectivity index (χ3v) is 1.95. The van der Waals surface area contributed by atoms with Crippen molar-refractivity contribution in [1.82, 2.24) is 15.5 Å². The van der Waals surface area contributed by atoms with Gasteiger partial charge in [-0.1, -0.05) is 0 Å². The second kappa shape index (κ2) is 7.89. The highest BCUT2D eigenvalue weighted by atomic mass is 16.4. The van der Waals surface area contributed by atoms with Gasteiger partial charge in [-0.3, -0.25) is 9.59 Å². The molecule has 1 unspecified atom stereocenters. The molecule has 18 heavy (non-hydrogen) atoms. The molecule has 0 saturated carbocycles. The summed E-state index contributed by atoms with van der Waals surface area (Å²) in [5, 5.41) is 21.3. The summed E-state index contributed by atoms with van der Waals surface area (Å²) in [6.45, 7) is 1.12. The Morgan fingerprint density at radius 3 is 2.44 bits per heavy atom. The molecule has 0 spiro atoms. The lowest BCUT2D eigenvalue weighted by molar-refractivity contribution is -0.137. The van der Waals surface area contributed by atoms with Crippen LogP contribution in [0.4, 0.5) is 4.79 Å². The summed E-state index contributed by atoms with van der Waals surface area (Å²) in [5.41, 5.74) is 0. The van der Waals surface area contributed by atoms with Gasteiger partial charge >= 0.3 is 12.0 Å². The van der Waals surface area contributed by atoms with Gasteiger partial charge in [0.2, 0.25) is 5.91 Å². The van der Waals surface area contributed by atoms with Crippen molar-refractivity contribution >= 4 is 17.9 Å². The molecule has 0 heterocycles. The zero-order chi connectivity index (χ0) is 14.1. The number of hydrogen-bond donors (Lipinski definition) is 3. The van der Waals surface area contributed by atoms with Crippen molar-refractivity contribution < 1.29 is 19.5 Å². The Morgan fingerprint density at radius 1 is 1.33 bits per heavy atom. The van der Waals surface area contributed by atoms with Crippen LogP contribution in [0, 0.1) is 17.2 Å². The summed E-state index contributed by atoms with van der Waals surface area (Å²) in [4.78, 5) is 34.0. The Bertz CT molecular complexity index is 363. The van der Waals surface area contributed by atoms with E-state index in [2.05, 4.69) is 10.6 Å². The van der Waals surface area contributed by atoms with Crippen LogP contribution < -0.4 is 10.6 Å². The molecule has 0 bridgehead atoms. The fraction of sp³-hybridized carbons (Fsp3) is 0.600. The Balaban J connectivity index is 3.92. The minimum absolute atomic E-state index is 0.249. The smallest absolute Gasteiger partial charge is 0.322 e. The molecule has 0 aliphatic rings. The first-order valence-corrected chi connectivity index (χ1v) is 5.24. The lowest BCUT2D eigenvalue weighted by Gasteiger charge is -2.18. The molecule has 3 N–H and O–H groups in total. The molecule has 1 atom stereocenters. The Labute approximate surface area is 105 Å². The molecule has 8 nitrogen and oxygen atoms in total. The normalized spacial score (nSPS) is 10.9. The van der Waals surface area contributed by atoms with E-state index in [-0.39, 0.29) is 19.0 Å². The maximum atomic E-state index is 11.4. The van der Waals surface area contributed by atoms with E-state index >= 15 is 0 Å². The van der Waals surface area contributed by atoms with Crippen molar-refractivity contribution in [3.8, 4) is 6.07 Å². The first kappa shape index (κ1) is 15.7. The van der Waals surface area contributed by atoms with Gasteiger partial charge in [0, 0.05) is 13.6 Å². The molecule has 100 valence electrons. The van der Waals surface area contributed by atoms with Crippen LogP contribution >= 0.6 is 0 Å². The molecule has 0 aliphatic carbocycles. The van der Waals surface area contributed by atoms with Crippen LogP contribution in [0.25, 0.3) is 0 Å². The lowest BCUT2D eigenvalue weighted by Crippen LogP contribution is -2.44. The quantitative estimate of drug-likeness (QED) is 0.562. The maximum absolute atomic E-state index is 11.4. The van der Waals surface area contributed by atoms with E-state index in [0.29, 0.717) is 0 Å². The zero-order valence-corrected chi connectivity index (χ0v) is 10.3. The van der Waals surface area contributed by atoms with Gasteiger partial charge < -0.3 is 20.6 Å². The highest BCUT2D eigenvalue weighted by Gasteiger charge is 2.13. The SMILES string of the molecule is CC(C#N)CN(C)C(=O)NCC(=O)NCC(=O)O. The summed E-state index contributed by atoms with van der Waals surface area (Å²) in [5.74, 6) is -2.05. The summed E-state index contributed by atoms with van der Waals surface area (Å²) in [6.07, 6.45) is 0. The molecule has 0 aliphatic heterocycles. The summed E-state index contributed by atoms with van der Waals surface area (Å²) < 4.78 is 0. The summed E-state index contributed by atoms with van der Waals surface area (Å²) in [6, 6.07) is 1.48. The van der Waals surface area contributed by atoms with Crippen molar-refractivity contribution in [2.45, 2.75) is 6.92 Å². The number of amides is 3. The van der Waals surface area contributed by atoms with E-state index in [0.717, 1.165) is 0 Å². The molecule has 8 heteroatoms. The predicted octanol–water partition coefficient (Wildman–Crippen LogP) is -1.01. The minimum atomic E-state index is -1.16. The van der Waals surface area contributed by atoms with E-state index < -0.39 is 24.5 Å². The number of carbonyl (C=O) groups excluding carboxylic acids is 2. The molecule has 0 aromatic heterocycles. The lowest BCUT2D eigenvalue weighted by atomic mass is 10.2. The van der Waals surface area contributed by atoms with Crippen LogP contribution in [0.3, 0.4) is 0 Å². The number of carboxylic acids is 1. The molecule has 0 rings (SSSR count). The molecule has 0 radical (unpaired) electrons. The average molecular weight is 256 g/mol. The first-order valence-electron chi connectivity index (χ1n) is 5.24. The number of nitriles is 1. The number of carbonyl (C=O) groups is 3. The summed E-state index contributed by atoms with van der Waals surface area (Å²) >= 11 is 0. The monoisotopic (exact) mass is 256 g/mol. The van der Waals surface area contributed by atoms with E-state index in [4.69, 9.17) is 10.4 Å². The zero-order valence-electron chi connectivity index (χ0n) is 10.3. The highest BCUT2D eigenvalue weighted by Crippen LogP contribution is 1.95. The third-order valence-electron chi connectivity index (χ3n) is 1.95. The Morgan fingerprint density at radius 2 is 1.94 bits per heavy atom. The van der Waals surface area contributed by atoms with Crippen LogP contribution in [0.5, 0.6) is 0 Å². The minimum Gasteiger partial charge on any atom is -0.480 e. The van der Waals surface area contributed by atoms with Gasteiger partial charge in [0.15, 0.2) is 0 Å². The van der Waals surface area contributed by atoms with Gasteiger partial charge in [0.05, 0.1) is 18.5 Å². The highest BCUT2D eigenvalue weighted by molar-refractivity contribution is 5.86. The largest absolute Gasteiger partial charge is 0.480 e. The third kappa shape index (κ3) is 7.05. The fourth-order valence-corrected chi connectivity index (χ4v) is 1.06.